The van der Waals surface area contributed by atoms with Crippen molar-refractivity contribution >= 4 is 38.8 Å². The highest BCUT2D eigenvalue weighted by Crippen LogP contribution is 2.49. The van der Waals surface area contributed by atoms with E-state index in [-0.39, 0.29) is 0 Å². The van der Waals surface area contributed by atoms with Crippen LogP contribution in [0.1, 0.15) is 31.2 Å². The number of anilines is 1. The van der Waals surface area contributed by atoms with Crippen LogP contribution in [0.25, 0.3) is 0 Å². The molecule has 2 saturated carbocycles. The first-order valence-electron chi connectivity index (χ1n) is 6.98. The average molecular weight is 339 g/mol. The molecule has 2 aliphatic carbocycles. The molecule has 3 rings (SSSR count). The van der Waals surface area contributed by atoms with Crippen molar-refractivity contribution in [2.75, 3.05) is 11.9 Å². The summed E-state index contributed by atoms with van der Waals surface area (Å²) in [5.41, 5.74) is 7.70. The quantitative estimate of drug-likeness (QED) is 0.771. The van der Waals surface area contributed by atoms with E-state index in [9.17, 15) is 0 Å². The molecule has 0 bridgehead atoms. The zero-order valence-corrected chi connectivity index (χ0v) is 13.3. The molecule has 0 radical (unpaired) electrons. The second-order valence-corrected chi connectivity index (χ2v) is 7.07. The molecule has 0 atom stereocenters. The fourth-order valence-electron chi connectivity index (χ4n) is 2.81. The van der Waals surface area contributed by atoms with Gasteiger partial charge in [0, 0.05) is 22.3 Å². The van der Waals surface area contributed by atoms with Crippen molar-refractivity contribution in [3.8, 4) is 0 Å². The van der Waals surface area contributed by atoms with Crippen molar-refractivity contribution in [1.29, 1.82) is 0 Å². The summed E-state index contributed by atoms with van der Waals surface area (Å²) < 4.78 is 1.04. The summed E-state index contributed by atoms with van der Waals surface area (Å²) in [5, 5.41) is 3.59. The second-order valence-electron chi connectivity index (χ2n) is 5.78. The van der Waals surface area contributed by atoms with Crippen LogP contribution in [0.3, 0.4) is 0 Å². The van der Waals surface area contributed by atoms with E-state index in [4.69, 9.17) is 18.0 Å². The predicted molar refractivity (Wildman–Crippen MR) is 87.5 cm³/mol. The van der Waals surface area contributed by atoms with Crippen LogP contribution in [0.2, 0.25) is 0 Å². The summed E-state index contributed by atoms with van der Waals surface area (Å²) in [6.07, 6.45) is 5.74. The Morgan fingerprint density at radius 2 is 1.95 bits per heavy atom. The highest BCUT2D eigenvalue weighted by atomic mass is 79.9. The van der Waals surface area contributed by atoms with Crippen molar-refractivity contribution in [3.63, 3.8) is 0 Å². The van der Waals surface area contributed by atoms with Crippen molar-refractivity contribution in [3.05, 3.63) is 28.2 Å². The van der Waals surface area contributed by atoms with Crippen LogP contribution in [0.4, 0.5) is 5.69 Å². The number of hydrogen-bond acceptors (Lipinski definition) is 2. The summed E-state index contributed by atoms with van der Waals surface area (Å²) in [6, 6.07) is 6.04. The van der Waals surface area contributed by atoms with Gasteiger partial charge in [-0.25, -0.2) is 0 Å². The SMILES string of the molecule is NC(=S)c1ccc(NCC(C2CC2)C2CC2)c(Br)c1. The predicted octanol–water partition coefficient (Wildman–Crippen LogP) is 3.93. The van der Waals surface area contributed by atoms with Gasteiger partial charge in [0.2, 0.25) is 0 Å². The molecule has 0 aromatic heterocycles. The van der Waals surface area contributed by atoms with E-state index >= 15 is 0 Å². The molecular weight excluding hydrogens is 320 g/mol. The molecule has 1 aromatic rings. The van der Waals surface area contributed by atoms with Crippen LogP contribution in [0.15, 0.2) is 22.7 Å². The number of thiocarbonyl (C=S) groups is 1. The van der Waals surface area contributed by atoms with E-state index < -0.39 is 0 Å². The molecule has 4 heteroatoms. The Morgan fingerprint density at radius 1 is 1.32 bits per heavy atom. The molecule has 102 valence electrons. The molecule has 3 N–H and O–H groups in total. The fraction of sp³-hybridized carbons (Fsp3) is 0.533. The van der Waals surface area contributed by atoms with E-state index in [0.29, 0.717) is 4.99 Å². The Labute approximate surface area is 128 Å². The Hall–Kier alpha value is -0.610. The number of nitrogens with two attached hydrogens (primary N) is 1. The summed E-state index contributed by atoms with van der Waals surface area (Å²) >= 11 is 8.59. The zero-order chi connectivity index (χ0) is 13.4. The third-order valence-electron chi connectivity index (χ3n) is 4.24. The lowest BCUT2D eigenvalue weighted by Gasteiger charge is -2.18. The summed E-state index contributed by atoms with van der Waals surface area (Å²) in [7, 11) is 0. The van der Waals surface area contributed by atoms with Gasteiger partial charge >= 0.3 is 0 Å². The third-order valence-corrected chi connectivity index (χ3v) is 5.13. The lowest BCUT2D eigenvalue weighted by Crippen LogP contribution is -2.18. The Bertz CT molecular complexity index is 483. The van der Waals surface area contributed by atoms with Crippen LogP contribution in [-0.2, 0) is 0 Å². The Kier molecular flexibility index (Phi) is 3.81. The monoisotopic (exact) mass is 338 g/mol. The molecule has 2 fully saturated rings. The maximum absolute atomic E-state index is 5.64. The van der Waals surface area contributed by atoms with Crippen LogP contribution in [0.5, 0.6) is 0 Å². The Balaban J connectivity index is 1.64. The molecule has 0 unspecified atom stereocenters. The molecule has 1 aromatic carbocycles. The molecule has 0 aliphatic heterocycles. The fourth-order valence-corrected chi connectivity index (χ4v) is 3.45. The molecule has 0 spiro atoms. The van der Waals surface area contributed by atoms with Crippen molar-refractivity contribution < 1.29 is 0 Å². The topological polar surface area (TPSA) is 38.0 Å². The molecule has 0 heterocycles. The first-order valence-corrected chi connectivity index (χ1v) is 8.18. The minimum atomic E-state index is 0.445. The highest BCUT2D eigenvalue weighted by Gasteiger charge is 2.40. The number of halogens is 1. The van der Waals surface area contributed by atoms with Crippen LogP contribution in [0, 0.1) is 17.8 Å². The lowest BCUT2D eigenvalue weighted by atomic mass is 9.98. The summed E-state index contributed by atoms with van der Waals surface area (Å²) in [4.78, 5) is 0.445. The minimum Gasteiger partial charge on any atom is -0.389 e. The van der Waals surface area contributed by atoms with Crippen molar-refractivity contribution in [2.45, 2.75) is 25.7 Å². The van der Waals surface area contributed by atoms with Gasteiger partial charge in [-0.3, -0.25) is 0 Å². The van der Waals surface area contributed by atoms with Gasteiger partial charge in [0.25, 0.3) is 0 Å². The normalized spacial score (nSPS) is 18.6. The van der Waals surface area contributed by atoms with Gasteiger partial charge in [0.05, 0.1) is 0 Å². The standard InChI is InChI=1S/C15H19BrN2S/c16-13-7-11(15(17)19)5-6-14(13)18-8-12(9-1-2-9)10-3-4-10/h5-7,9-10,12,18H,1-4,8H2,(H2,17,19). The van der Waals surface area contributed by atoms with Crippen LogP contribution >= 0.6 is 28.1 Å². The van der Waals surface area contributed by atoms with Crippen molar-refractivity contribution in [1.82, 2.24) is 0 Å². The van der Waals surface area contributed by atoms with E-state index in [1.807, 2.05) is 12.1 Å². The minimum absolute atomic E-state index is 0.445. The first kappa shape index (κ1) is 13.4. The van der Waals surface area contributed by atoms with Gasteiger partial charge in [0.1, 0.15) is 4.99 Å². The van der Waals surface area contributed by atoms with Crippen LogP contribution in [-0.4, -0.2) is 11.5 Å². The number of nitrogens with one attached hydrogen (secondary N) is 1. The highest BCUT2D eigenvalue weighted by molar-refractivity contribution is 9.10. The molecule has 0 amide bonds. The molecule has 0 saturated heterocycles. The third kappa shape index (κ3) is 3.29. The van der Waals surface area contributed by atoms with E-state index in [0.717, 1.165) is 40.0 Å². The smallest absolute Gasteiger partial charge is 0.104 e. The summed E-state index contributed by atoms with van der Waals surface area (Å²) in [6.45, 7) is 1.10. The molecule has 2 aliphatic rings. The Morgan fingerprint density at radius 3 is 2.42 bits per heavy atom. The van der Waals surface area contributed by atoms with E-state index in [1.54, 1.807) is 0 Å². The number of benzene rings is 1. The van der Waals surface area contributed by atoms with Gasteiger partial charge < -0.3 is 11.1 Å². The second kappa shape index (κ2) is 5.41. The molecule has 2 nitrogen and oxygen atoms in total. The number of hydrogen-bond donors (Lipinski definition) is 2. The van der Waals surface area contributed by atoms with Gasteiger partial charge in [-0.05, 0) is 77.6 Å². The van der Waals surface area contributed by atoms with Gasteiger partial charge in [-0.15, -0.1) is 0 Å². The maximum atomic E-state index is 5.64. The van der Waals surface area contributed by atoms with E-state index in [1.165, 1.54) is 25.7 Å². The van der Waals surface area contributed by atoms with Crippen LogP contribution < -0.4 is 11.1 Å². The summed E-state index contributed by atoms with van der Waals surface area (Å²) in [5.74, 6) is 2.84. The number of rotatable bonds is 6. The van der Waals surface area contributed by atoms with Gasteiger partial charge in [-0.2, -0.15) is 0 Å². The zero-order valence-electron chi connectivity index (χ0n) is 10.9. The van der Waals surface area contributed by atoms with Gasteiger partial charge in [-0.1, -0.05) is 12.2 Å². The van der Waals surface area contributed by atoms with E-state index in [2.05, 4.69) is 27.3 Å². The molecule has 19 heavy (non-hydrogen) atoms. The average Bonchev–Trinajstić information content (AvgIpc) is 3.25. The van der Waals surface area contributed by atoms with Gasteiger partial charge in [0.15, 0.2) is 0 Å². The van der Waals surface area contributed by atoms with Crippen molar-refractivity contribution in [2.24, 2.45) is 23.5 Å². The maximum Gasteiger partial charge on any atom is 0.104 e. The first-order chi connectivity index (χ1) is 9.15. The lowest BCUT2D eigenvalue weighted by molar-refractivity contribution is 0.428. The molecular formula is C15H19BrN2S. The largest absolute Gasteiger partial charge is 0.389 e.